The van der Waals surface area contributed by atoms with Crippen molar-refractivity contribution < 1.29 is 14.7 Å². The number of halogens is 1. The fraction of sp³-hybridized carbons (Fsp3) is 0.346. The molecule has 2 amide bonds. The fourth-order valence-corrected chi connectivity index (χ4v) is 5.10. The van der Waals surface area contributed by atoms with Crippen molar-refractivity contribution in [1.29, 1.82) is 0 Å². The van der Waals surface area contributed by atoms with Crippen LogP contribution in [-0.2, 0) is 11.2 Å². The molecule has 1 aromatic carbocycles. The van der Waals surface area contributed by atoms with Gasteiger partial charge in [0.25, 0.3) is 11.8 Å². The molecule has 1 aliphatic heterocycles. The summed E-state index contributed by atoms with van der Waals surface area (Å²) in [6.45, 7) is 3.50. The largest absolute Gasteiger partial charge is 0.378 e. The Labute approximate surface area is 208 Å². The van der Waals surface area contributed by atoms with Crippen molar-refractivity contribution in [2.75, 3.05) is 19.6 Å². The lowest BCUT2D eigenvalue weighted by Crippen LogP contribution is -2.41. The molecule has 1 unspecified atom stereocenters. The maximum absolute atomic E-state index is 12.9. The summed E-state index contributed by atoms with van der Waals surface area (Å²) in [6.07, 6.45) is 0.959. The number of benzene rings is 1. The van der Waals surface area contributed by atoms with E-state index in [0.29, 0.717) is 48.6 Å². The van der Waals surface area contributed by atoms with Crippen LogP contribution in [0.4, 0.5) is 0 Å². The monoisotopic (exact) mass is 497 g/mol. The molecule has 3 aromatic rings. The Hall–Kier alpha value is -2.74. The number of aryl methyl sites for hydroxylation is 1. The molecule has 1 atom stereocenters. The molecule has 34 heavy (non-hydrogen) atoms. The molecule has 4 rings (SSSR count). The molecule has 1 saturated heterocycles. The van der Waals surface area contributed by atoms with Gasteiger partial charge in [0, 0.05) is 41.1 Å². The molecule has 6 nitrogen and oxygen atoms in total. The van der Waals surface area contributed by atoms with E-state index in [4.69, 9.17) is 16.6 Å². The minimum atomic E-state index is -1.21. The van der Waals surface area contributed by atoms with Crippen molar-refractivity contribution >= 4 is 34.8 Å². The molecule has 0 spiro atoms. The minimum absolute atomic E-state index is 0.0784. The summed E-state index contributed by atoms with van der Waals surface area (Å²) in [5.74, 6) is -0.352. The highest BCUT2D eigenvalue weighted by Crippen LogP contribution is 2.31. The highest BCUT2D eigenvalue weighted by atomic mass is 35.5. The van der Waals surface area contributed by atoms with Crippen LogP contribution in [0.5, 0.6) is 0 Å². The number of amides is 2. The first-order valence-electron chi connectivity index (χ1n) is 11.4. The summed E-state index contributed by atoms with van der Waals surface area (Å²) >= 11 is 7.59. The zero-order chi connectivity index (χ0) is 24.1. The molecule has 0 radical (unpaired) electrons. The van der Waals surface area contributed by atoms with E-state index in [1.807, 2.05) is 30.5 Å². The van der Waals surface area contributed by atoms with Crippen LogP contribution in [0, 0.1) is 6.92 Å². The van der Waals surface area contributed by atoms with Gasteiger partial charge in [-0.3, -0.25) is 14.6 Å². The van der Waals surface area contributed by atoms with Gasteiger partial charge in [-0.15, -0.1) is 11.3 Å². The minimum Gasteiger partial charge on any atom is -0.378 e. The second kappa shape index (κ2) is 11.1. The van der Waals surface area contributed by atoms with E-state index in [2.05, 4.69) is 11.4 Å². The standard InChI is InChI=1S/C26H28ClN3O3S/c1-17-4-9-22(25(32)28-13-10-21-3-2-16-34-21)23(29-17)18-11-14-30(15-12-18)26(33)24(31)19-5-7-20(27)8-6-19/h2-9,16,18,24,31H,10-15H2,1H3,(H,28,32). The number of aromatic nitrogens is 1. The Bertz CT molecular complexity index is 1130. The Balaban J connectivity index is 1.38. The van der Waals surface area contributed by atoms with Gasteiger partial charge >= 0.3 is 0 Å². The zero-order valence-electron chi connectivity index (χ0n) is 19.0. The molecule has 0 bridgehead atoms. The number of aliphatic hydroxyl groups excluding tert-OH is 1. The lowest BCUT2D eigenvalue weighted by atomic mass is 9.89. The van der Waals surface area contributed by atoms with Crippen LogP contribution in [0.3, 0.4) is 0 Å². The Kier molecular flexibility index (Phi) is 7.98. The van der Waals surface area contributed by atoms with E-state index in [1.165, 1.54) is 4.88 Å². The highest BCUT2D eigenvalue weighted by molar-refractivity contribution is 7.09. The van der Waals surface area contributed by atoms with Crippen LogP contribution < -0.4 is 5.32 Å². The molecular formula is C26H28ClN3O3S. The normalized spacial score (nSPS) is 15.2. The fourth-order valence-electron chi connectivity index (χ4n) is 4.26. The third-order valence-corrected chi connectivity index (χ3v) is 7.35. The number of hydrogen-bond acceptors (Lipinski definition) is 5. The summed E-state index contributed by atoms with van der Waals surface area (Å²) in [6, 6.07) is 14.4. The molecule has 1 aliphatic rings. The third kappa shape index (κ3) is 5.84. The topological polar surface area (TPSA) is 82.5 Å². The van der Waals surface area contributed by atoms with Crippen molar-refractivity contribution in [2.24, 2.45) is 0 Å². The van der Waals surface area contributed by atoms with Crippen LogP contribution in [0.15, 0.2) is 53.9 Å². The SMILES string of the molecule is Cc1ccc(C(=O)NCCc2cccs2)c(C2CCN(C(=O)C(O)c3ccc(Cl)cc3)CC2)n1. The third-order valence-electron chi connectivity index (χ3n) is 6.16. The van der Waals surface area contributed by atoms with Crippen LogP contribution >= 0.6 is 22.9 Å². The summed E-state index contributed by atoms with van der Waals surface area (Å²) in [4.78, 5) is 33.4. The molecule has 0 saturated carbocycles. The van der Waals surface area contributed by atoms with Gasteiger partial charge in [0.05, 0.1) is 11.3 Å². The zero-order valence-corrected chi connectivity index (χ0v) is 20.6. The van der Waals surface area contributed by atoms with Gasteiger partial charge in [0.1, 0.15) is 0 Å². The van der Waals surface area contributed by atoms with Crippen LogP contribution in [0.2, 0.25) is 5.02 Å². The number of rotatable bonds is 7. The summed E-state index contributed by atoms with van der Waals surface area (Å²) < 4.78 is 0. The lowest BCUT2D eigenvalue weighted by molar-refractivity contribution is -0.141. The van der Waals surface area contributed by atoms with Crippen LogP contribution in [0.1, 0.15) is 57.0 Å². The first-order valence-corrected chi connectivity index (χ1v) is 12.7. The van der Waals surface area contributed by atoms with Crippen molar-refractivity contribution in [3.63, 3.8) is 0 Å². The molecule has 3 heterocycles. The first kappa shape index (κ1) is 24.4. The van der Waals surface area contributed by atoms with E-state index in [9.17, 15) is 14.7 Å². The lowest BCUT2D eigenvalue weighted by Gasteiger charge is -2.33. The second-order valence-corrected chi connectivity index (χ2v) is 9.99. The summed E-state index contributed by atoms with van der Waals surface area (Å²) in [5.41, 5.74) is 2.78. The number of pyridine rings is 1. The predicted molar refractivity (Wildman–Crippen MR) is 134 cm³/mol. The highest BCUT2D eigenvalue weighted by Gasteiger charge is 2.30. The number of piperidine rings is 1. The van der Waals surface area contributed by atoms with Gasteiger partial charge in [-0.05, 0) is 67.5 Å². The maximum atomic E-state index is 12.9. The average Bonchev–Trinajstić information content (AvgIpc) is 3.37. The molecular weight excluding hydrogens is 470 g/mol. The second-order valence-electron chi connectivity index (χ2n) is 8.52. The first-order chi connectivity index (χ1) is 16.4. The van der Waals surface area contributed by atoms with Gasteiger partial charge in [-0.25, -0.2) is 0 Å². The molecule has 178 valence electrons. The van der Waals surface area contributed by atoms with Crippen molar-refractivity contribution in [2.45, 2.75) is 38.2 Å². The van der Waals surface area contributed by atoms with E-state index in [0.717, 1.165) is 17.8 Å². The Morgan fingerprint density at radius 3 is 2.59 bits per heavy atom. The number of hydrogen-bond donors (Lipinski definition) is 2. The summed E-state index contributed by atoms with van der Waals surface area (Å²) in [7, 11) is 0. The van der Waals surface area contributed by atoms with Crippen molar-refractivity contribution in [1.82, 2.24) is 15.2 Å². The molecule has 0 aliphatic carbocycles. The Morgan fingerprint density at radius 2 is 1.91 bits per heavy atom. The average molecular weight is 498 g/mol. The number of nitrogens with one attached hydrogen (secondary N) is 1. The summed E-state index contributed by atoms with van der Waals surface area (Å²) in [5, 5.41) is 16.1. The van der Waals surface area contributed by atoms with Crippen molar-refractivity contribution in [3.8, 4) is 0 Å². The predicted octanol–water partition coefficient (Wildman–Crippen LogP) is 4.52. The van der Waals surface area contributed by atoms with E-state index in [-0.39, 0.29) is 17.7 Å². The maximum Gasteiger partial charge on any atom is 0.256 e. The van der Waals surface area contributed by atoms with Crippen molar-refractivity contribution in [3.05, 3.63) is 86.3 Å². The van der Waals surface area contributed by atoms with E-state index >= 15 is 0 Å². The smallest absolute Gasteiger partial charge is 0.256 e. The van der Waals surface area contributed by atoms with Gasteiger partial charge in [-0.2, -0.15) is 0 Å². The molecule has 1 fully saturated rings. The van der Waals surface area contributed by atoms with E-state index < -0.39 is 6.10 Å². The molecule has 2 N–H and O–H groups in total. The molecule has 8 heteroatoms. The number of aliphatic hydroxyl groups is 1. The van der Waals surface area contributed by atoms with Gasteiger partial charge in [0.2, 0.25) is 0 Å². The van der Waals surface area contributed by atoms with Crippen LogP contribution in [-0.4, -0.2) is 46.4 Å². The Morgan fingerprint density at radius 1 is 1.18 bits per heavy atom. The van der Waals surface area contributed by atoms with Crippen LogP contribution in [0.25, 0.3) is 0 Å². The van der Waals surface area contributed by atoms with Gasteiger partial charge in [0.15, 0.2) is 6.10 Å². The molecule has 2 aromatic heterocycles. The number of likely N-dealkylation sites (tertiary alicyclic amines) is 1. The number of carbonyl (C=O) groups excluding carboxylic acids is 2. The van der Waals surface area contributed by atoms with Gasteiger partial charge in [-0.1, -0.05) is 29.8 Å². The van der Waals surface area contributed by atoms with E-state index in [1.54, 1.807) is 40.5 Å². The van der Waals surface area contributed by atoms with Gasteiger partial charge < -0.3 is 15.3 Å². The number of thiophene rings is 1. The number of carbonyl (C=O) groups is 2. The number of nitrogens with zero attached hydrogens (tertiary/aromatic N) is 2. The quantitative estimate of drug-likeness (QED) is 0.503.